The first-order chi connectivity index (χ1) is 9.22. The molecule has 1 aromatic carbocycles. The van der Waals surface area contributed by atoms with Gasteiger partial charge in [-0.2, -0.15) is 0 Å². The second-order valence-electron chi connectivity index (χ2n) is 5.01. The zero-order valence-electron chi connectivity index (χ0n) is 10.5. The van der Waals surface area contributed by atoms with Crippen LogP contribution < -0.4 is 5.56 Å². The van der Waals surface area contributed by atoms with Gasteiger partial charge in [-0.05, 0) is 25.0 Å². The monoisotopic (exact) mass is 258 g/mol. The van der Waals surface area contributed by atoms with Crippen LogP contribution in [0.3, 0.4) is 0 Å². The Hall–Kier alpha value is -1.97. The predicted octanol–water partition coefficient (Wildman–Crippen LogP) is 3.23. The molecule has 3 rings (SSSR count). The molecule has 1 aliphatic carbocycles. The van der Waals surface area contributed by atoms with Crippen LogP contribution in [0.1, 0.15) is 37.3 Å². The summed E-state index contributed by atoms with van der Waals surface area (Å²) < 4.78 is 13.2. The quantitative estimate of drug-likeness (QED) is 0.898. The van der Waals surface area contributed by atoms with E-state index < -0.39 is 0 Å². The maximum Gasteiger partial charge on any atom is 0.251 e. The van der Waals surface area contributed by atoms with Crippen molar-refractivity contribution in [1.29, 1.82) is 0 Å². The SMILES string of the molecule is O=c1cc(C2CCCC2)nc(-c2cccc(F)c2)[nH]1. The summed E-state index contributed by atoms with van der Waals surface area (Å²) in [7, 11) is 0. The number of hydrogen-bond donors (Lipinski definition) is 1. The maximum absolute atomic E-state index is 13.2. The molecule has 1 aliphatic rings. The van der Waals surface area contributed by atoms with E-state index in [9.17, 15) is 9.18 Å². The van der Waals surface area contributed by atoms with Gasteiger partial charge in [0.25, 0.3) is 5.56 Å². The van der Waals surface area contributed by atoms with Gasteiger partial charge >= 0.3 is 0 Å². The van der Waals surface area contributed by atoms with E-state index in [1.807, 2.05) is 0 Å². The summed E-state index contributed by atoms with van der Waals surface area (Å²) >= 11 is 0. The maximum atomic E-state index is 13.2. The first kappa shape index (κ1) is 12.1. The lowest BCUT2D eigenvalue weighted by atomic mass is 10.0. The van der Waals surface area contributed by atoms with Gasteiger partial charge in [-0.15, -0.1) is 0 Å². The van der Waals surface area contributed by atoms with Crippen LogP contribution in [-0.4, -0.2) is 9.97 Å². The van der Waals surface area contributed by atoms with Crippen LogP contribution in [0, 0.1) is 5.82 Å². The summed E-state index contributed by atoms with van der Waals surface area (Å²) in [4.78, 5) is 18.9. The fourth-order valence-corrected chi connectivity index (χ4v) is 2.68. The van der Waals surface area contributed by atoms with Gasteiger partial charge in [-0.25, -0.2) is 9.37 Å². The number of aromatic amines is 1. The Morgan fingerprint density at radius 1 is 1.21 bits per heavy atom. The number of rotatable bonds is 2. The molecule has 1 heterocycles. The summed E-state index contributed by atoms with van der Waals surface area (Å²) in [6, 6.07) is 7.70. The highest BCUT2D eigenvalue weighted by Crippen LogP contribution is 2.32. The van der Waals surface area contributed by atoms with Gasteiger partial charge in [-0.3, -0.25) is 4.79 Å². The number of halogens is 1. The molecule has 19 heavy (non-hydrogen) atoms. The van der Waals surface area contributed by atoms with E-state index in [0.29, 0.717) is 17.3 Å². The lowest BCUT2D eigenvalue weighted by Gasteiger charge is -2.09. The molecule has 0 atom stereocenters. The third-order valence-electron chi connectivity index (χ3n) is 3.63. The largest absolute Gasteiger partial charge is 0.307 e. The summed E-state index contributed by atoms with van der Waals surface area (Å²) in [5.74, 6) is 0.495. The molecule has 1 fully saturated rings. The number of hydrogen-bond acceptors (Lipinski definition) is 2. The van der Waals surface area contributed by atoms with E-state index in [1.54, 1.807) is 18.2 Å². The van der Waals surface area contributed by atoms with E-state index in [2.05, 4.69) is 9.97 Å². The van der Waals surface area contributed by atoms with Crippen LogP contribution >= 0.6 is 0 Å². The van der Waals surface area contributed by atoms with Crippen molar-refractivity contribution >= 4 is 0 Å². The average Bonchev–Trinajstić information content (AvgIpc) is 2.92. The lowest BCUT2D eigenvalue weighted by Crippen LogP contribution is -2.12. The Labute approximate surface area is 110 Å². The highest BCUT2D eigenvalue weighted by molar-refractivity contribution is 5.54. The molecule has 98 valence electrons. The third-order valence-corrected chi connectivity index (χ3v) is 3.63. The van der Waals surface area contributed by atoms with Gasteiger partial charge in [0, 0.05) is 17.5 Å². The van der Waals surface area contributed by atoms with Crippen molar-refractivity contribution < 1.29 is 4.39 Å². The minimum atomic E-state index is -0.327. The summed E-state index contributed by atoms with van der Waals surface area (Å²) in [6.07, 6.45) is 4.54. The normalized spacial score (nSPS) is 15.8. The number of benzene rings is 1. The first-order valence-electron chi connectivity index (χ1n) is 6.59. The molecule has 0 unspecified atom stereocenters. The molecule has 2 aromatic rings. The van der Waals surface area contributed by atoms with E-state index in [-0.39, 0.29) is 11.4 Å². The zero-order valence-corrected chi connectivity index (χ0v) is 10.5. The van der Waals surface area contributed by atoms with Crippen molar-refractivity contribution in [3.05, 3.63) is 52.2 Å². The van der Waals surface area contributed by atoms with Gasteiger partial charge in [-0.1, -0.05) is 25.0 Å². The van der Waals surface area contributed by atoms with E-state index in [1.165, 1.54) is 25.0 Å². The molecule has 0 saturated heterocycles. The molecule has 0 spiro atoms. The molecule has 1 saturated carbocycles. The lowest BCUT2D eigenvalue weighted by molar-refractivity contribution is 0.628. The van der Waals surface area contributed by atoms with Gasteiger partial charge in [0.1, 0.15) is 11.6 Å². The van der Waals surface area contributed by atoms with Crippen molar-refractivity contribution in [2.24, 2.45) is 0 Å². The molecular weight excluding hydrogens is 243 g/mol. The standard InChI is InChI=1S/C15H15FN2O/c16-12-7-3-6-11(8-12)15-17-13(9-14(19)18-15)10-4-1-2-5-10/h3,6-10H,1-2,4-5H2,(H,17,18,19). The van der Waals surface area contributed by atoms with Crippen molar-refractivity contribution in [2.75, 3.05) is 0 Å². The second kappa shape index (κ2) is 4.96. The minimum absolute atomic E-state index is 0.170. The predicted molar refractivity (Wildman–Crippen MR) is 71.5 cm³/mol. The average molecular weight is 258 g/mol. The third kappa shape index (κ3) is 2.57. The highest BCUT2D eigenvalue weighted by Gasteiger charge is 2.19. The van der Waals surface area contributed by atoms with Crippen molar-refractivity contribution in [2.45, 2.75) is 31.6 Å². The Morgan fingerprint density at radius 2 is 2.00 bits per heavy atom. The van der Waals surface area contributed by atoms with E-state index >= 15 is 0 Å². The number of nitrogens with zero attached hydrogens (tertiary/aromatic N) is 1. The number of H-pyrrole nitrogens is 1. The summed E-state index contributed by atoms with van der Waals surface area (Å²) in [5, 5.41) is 0. The van der Waals surface area contributed by atoms with Gasteiger partial charge in [0.05, 0.1) is 5.69 Å². The molecule has 0 amide bonds. The molecule has 4 heteroatoms. The van der Waals surface area contributed by atoms with Crippen LogP contribution in [0.25, 0.3) is 11.4 Å². The van der Waals surface area contributed by atoms with Crippen LogP contribution in [0.4, 0.5) is 4.39 Å². The topological polar surface area (TPSA) is 45.8 Å². The summed E-state index contributed by atoms with van der Waals surface area (Å²) in [6.45, 7) is 0. The number of nitrogens with one attached hydrogen (secondary N) is 1. The van der Waals surface area contributed by atoms with Crippen LogP contribution in [0.15, 0.2) is 35.1 Å². The van der Waals surface area contributed by atoms with Crippen LogP contribution in [0.5, 0.6) is 0 Å². The van der Waals surface area contributed by atoms with Crippen LogP contribution in [0.2, 0.25) is 0 Å². The molecular formula is C15H15FN2O. The van der Waals surface area contributed by atoms with E-state index in [4.69, 9.17) is 0 Å². The van der Waals surface area contributed by atoms with Crippen molar-refractivity contribution in [3.63, 3.8) is 0 Å². The second-order valence-corrected chi connectivity index (χ2v) is 5.01. The van der Waals surface area contributed by atoms with Crippen LogP contribution in [-0.2, 0) is 0 Å². The van der Waals surface area contributed by atoms with E-state index in [0.717, 1.165) is 18.5 Å². The molecule has 0 aliphatic heterocycles. The van der Waals surface area contributed by atoms with Crippen molar-refractivity contribution in [3.8, 4) is 11.4 Å². The smallest absolute Gasteiger partial charge is 0.251 e. The summed E-state index contributed by atoms with van der Waals surface area (Å²) in [5.41, 5.74) is 1.27. The first-order valence-corrected chi connectivity index (χ1v) is 6.59. The minimum Gasteiger partial charge on any atom is -0.307 e. The van der Waals surface area contributed by atoms with Gasteiger partial charge in [0.15, 0.2) is 0 Å². The number of aromatic nitrogens is 2. The van der Waals surface area contributed by atoms with Gasteiger partial charge < -0.3 is 4.98 Å². The molecule has 0 bridgehead atoms. The zero-order chi connectivity index (χ0) is 13.2. The molecule has 1 aromatic heterocycles. The van der Waals surface area contributed by atoms with Crippen molar-refractivity contribution in [1.82, 2.24) is 9.97 Å². The Bertz CT molecular complexity index is 645. The molecule has 0 radical (unpaired) electrons. The fraction of sp³-hybridized carbons (Fsp3) is 0.333. The molecule has 1 N–H and O–H groups in total. The highest BCUT2D eigenvalue weighted by atomic mass is 19.1. The fourth-order valence-electron chi connectivity index (χ4n) is 2.68. The Balaban J connectivity index is 2.04. The van der Waals surface area contributed by atoms with Gasteiger partial charge in [0.2, 0.25) is 0 Å². The Kier molecular flexibility index (Phi) is 3.15. The molecule has 3 nitrogen and oxygen atoms in total. The Morgan fingerprint density at radius 3 is 2.74 bits per heavy atom.